The van der Waals surface area contributed by atoms with Crippen molar-refractivity contribution >= 4 is 17.6 Å². The number of nitrogens with one attached hydrogen (secondary N) is 3. The highest BCUT2D eigenvalue weighted by Crippen LogP contribution is 2.23. The molecule has 1 aromatic heterocycles. The van der Waals surface area contributed by atoms with Gasteiger partial charge in [-0.3, -0.25) is 0 Å². The second-order valence-electron chi connectivity index (χ2n) is 7.55. The van der Waals surface area contributed by atoms with E-state index < -0.39 is 6.10 Å². The molecule has 1 aromatic rings. The first kappa shape index (κ1) is 24.4. The summed E-state index contributed by atoms with van der Waals surface area (Å²) in [5.74, 6) is 2.52. The SMILES string of the molecule is CCCCC(CC)CNc1nc(NCC(C)CO)c(C)c(NCC(O)CO)n1. The molecule has 0 aliphatic rings. The van der Waals surface area contributed by atoms with Crippen molar-refractivity contribution in [3.05, 3.63) is 5.56 Å². The number of rotatable bonds is 15. The van der Waals surface area contributed by atoms with Gasteiger partial charge in [0.1, 0.15) is 11.6 Å². The van der Waals surface area contributed by atoms with Crippen LogP contribution in [0.3, 0.4) is 0 Å². The third-order valence-electron chi connectivity index (χ3n) is 4.88. The van der Waals surface area contributed by atoms with E-state index in [1.165, 1.54) is 19.3 Å². The summed E-state index contributed by atoms with van der Waals surface area (Å²) in [5, 5.41) is 37.6. The number of anilines is 3. The van der Waals surface area contributed by atoms with Gasteiger partial charge in [-0.05, 0) is 25.2 Å². The third kappa shape index (κ3) is 8.58. The lowest BCUT2D eigenvalue weighted by molar-refractivity contribution is 0.105. The zero-order chi connectivity index (χ0) is 20.9. The minimum absolute atomic E-state index is 0.103. The highest BCUT2D eigenvalue weighted by atomic mass is 16.3. The zero-order valence-corrected chi connectivity index (χ0v) is 17.8. The molecule has 3 unspecified atom stereocenters. The Morgan fingerprint density at radius 1 is 0.929 bits per heavy atom. The van der Waals surface area contributed by atoms with Crippen molar-refractivity contribution in [2.45, 2.75) is 59.5 Å². The first-order valence-electron chi connectivity index (χ1n) is 10.4. The third-order valence-corrected chi connectivity index (χ3v) is 4.88. The Morgan fingerprint density at radius 2 is 1.57 bits per heavy atom. The van der Waals surface area contributed by atoms with E-state index in [0.717, 1.165) is 18.5 Å². The fourth-order valence-electron chi connectivity index (χ4n) is 2.73. The summed E-state index contributed by atoms with van der Waals surface area (Å²) in [6, 6.07) is 0. The van der Waals surface area contributed by atoms with Crippen molar-refractivity contribution in [2.24, 2.45) is 11.8 Å². The maximum Gasteiger partial charge on any atom is 0.226 e. The molecule has 0 fully saturated rings. The molecular weight excluding hydrogens is 358 g/mol. The van der Waals surface area contributed by atoms with Gasteiger partial charge in [0.2, 0.25) is 5.95 Å². The molecule has 8 heteroatoms. The van der Waals surface area contributed by atoms with Crippen LogP contribution < -0.4 is 16.0 Å². The average Bonchev–Trinajstić information content (AvgIpc) is 2.71. The largest absolute Gasteiger partial charge is 0.396 e. The number of aliphatic hydroxyl groups excluding tert-OH is 3. The molecule has 0 saturated carbocycles. The Kier molecular flexibility index (Phi) is 11.8. The molecule has 0 spiro atoms. The number of hydrogen-bond donors (Lipinski definition) is 6. The molecule has 8 nitrogen and oxygen atoms in total. The van der Waals surface area contributed by atoms with Crippen LogP contribution in [0, 0.1) is 18.8 Å². The van der Waals surface area contributed by atoms with Crippen molar-refractivity contribution < 1.29 is 15.3 Å². The Labute approximate surface area is 169 Å². The maximum absolute atomic E-state index is 9.63. The summed E-state index contributed by atoms with van der Waals surface area (Å²) in [7, 11) is 0. The molecule has 162 valence electrons. The molecule has 0 aromatic carbocycles. The Balaban J connectivity index is 2.92. The van der Waals surface area contributed by atoms with Crippen molar-refractivity contribution in [3.8, 4) is 0 Å². The second kappa shape index (κ2) is 13.5. The maximum atomic E-state index is 9.63. The molecular formula is C20H39N5O3. The van der Waals surface area contributed by atoms with Crippen LogP contribution in [-0.4, -0.2) is 64.2 Å². The van der Waals surface area contributed by atoms with E-state index in [1.807, 2.05) is 13.8 Å². The molecule has 3 atom stereocenters. The molecule has 6 N–H and O–H groups in total. The molecule has 0 aliphatic carbocycles. The van der Waals surface area contributed by atoms with Gasteiger partial charge in [0, 0.05) is 31.8 Å². The number of unbranched alkanes of at least 4 members (excludes halogenated alkanes) is 1. The van der Waals surface area contributed by atoms with E-state index in [2.05, 4.69) is 39.8 Å². The number of nitrogens with zero attached hydrogens (tertiary/aromatic N) is 2. The van der Waals surface area contributed by atoms with Gasteiger partial charge >= 0.3 is 0 Å². The standard InChI is InChI=1S/C20H39N5O3/c1-5-7-8-16(6-2)10-23-20-24-18(21-9-14(3)12-26)15(4)19(25-20)22-11-17(28)13-27/h14,16-17,26-28H,5-13H2,1-4H3,(H3,21,22,23,24,25). The minimum atomic E-state index is -0.852. The highest BCUT2D eigenvalue weighted by Gasteiger charge is 2.14. The zero-order valence-electron chi connectivity index (χ0n) is 17.8. The van der Waals surface area contributed by atoms with Crippen molar-refractivity contribution in [2.75, 3.05) is 48.8 Å². The highest BCUT2D eigenvalue weighted by molar-refractivity contribution is 5.60. The van der Waals surface area contributed by atoms with Crippen LogP contribution in [-0.2, 0) is 0 Å². The van der Waals surface area contributed by atoms with Crippen LogP contribution in [0.25, 0.3) is 0 Å². The Morgan fingerprint density at radius 3 is 2.11 bits per heavy atom. The van der Waals surface area contributed by atoms with Crippen LogP contribution in [0.15, 0.2) is 0 Å². The molecule has 0 aliphatic heterocycles. The van der Waals surface area contributed by atoms with Gasteiger partial charge in [-0.15, -0.1) is 0 Å². The summed E-state index contributed by atoms with van der Waals surface area (Å²) in [6.07, 6.45) is 3.84. The Hall–Kier alpha value is -1.64. The van der Waals surface area contributed by atoms with E-state index >= 15 is 0 Å². The van der Waals surface area contributed by atoms with Crippen molar-refractivity contribution in [3.63, 3.8) is 0 Å². The smallest absolute Gasteiger partial charge is 0.226 e. The van der Waals surface area contributed by atoms with Gasteiger partial charge in [0.05, 0.1) is 12.7 Å². The van der Waals surface area contributed by atoms with Gasteiger partial charge in [-0.1, -0.05) is 40.0 Å². The van der Waals surface area contributed by atoms with Crippen molar-refractivity contribution in [1.29, 1.82) is 0 Å². The van der Waals surface area contributed by atoms with Gasteiger partial charge < -0.3 is 31.3 Å². The van der Waals surface area contributed by atoms with Crippen LogP contribution in [0.2, 0.25) is 0 Å². The van der Waals surface area contributed by atoms with E-state index in [1.54, 1.807) is 0 Å². The van der Waals surface area contributed by atoms with Crippen LogP contribution in [0.5, 0.6) is 0 Å². The lowest BCUT2D eigenvalue weighted by Crippen LogP contribution is -2.25. The molecule has 28 heavy (non-hydrogen) atoms. The predicted octanol–water partition coefficient (Wildman–Crippen LogP) is 2.22. The van der Waals surface area contributed by atoms with Crippen LogP contribution in [0.1, 0.15) is 52.0 Å². The fraction of sp³-hybridized carbons (Fsp3) is 0.800. The summed E-state index contributed by atoms with van der Waals surface area (Å²) in [5.41, 5.74) is 0.832. The van der Waals surface area contributed by atoms with Gasteiger partial charge in [-0.2, -0.15) is 9.97 Å². The van der Waals surface area contributed by atoms with Gasteiger partial charge in [-0.25, -0.2) is 0 Å². The van der Waals surface area contributed by atoms with E-state index in [4.69, 9.17) is 5.11 Å². The topological polar surface area (TPSA) is 123 Å². The first-order valence-corrected chi connectivity index (χ1v) is 10.4. The quantitative estimate of drug-likeness (QED) is 0.266. The second-order valence-corrected chi connectivity index (χ2v) is 7.55. The molecule has 1 rings (SSSR count). The lowest BCUT2D eigenvalue weighted by Gasteiger charge is -2.19. The van der Waals surface area contributed by atoms with E-state index in [0.29, 0.717) is 30.0 Å². The normalized spacial score (nSPS) is 14.4. The minimum Gasteiger partial charge on any atom is -0.396 e. The molecule has 0 radical (unpaired) electrons. The fourth-order valence-corrected chi connectivity index (χ4v) is 2.73. The number of hydrogen-bond acceptors (Lipinski definition) is 8. The molecule has 0 bridgehead atoms. The summed E-state index contributed by atoms with van der Waals surface area (Å²) >= 11 is 0. The molecule has 1 heterocycles. The van der Waals surface area contributed by atoms with Crippen LogP contribution >= 0.6 is 0 Å². The summed E-state index contributed by atoms with van der Waals surface area (Å²) < 4.78 is 0. The monoisotopic (exact) mass is 397 g/mol. The van der Waals surface area contributed by atoms with Crippen LogP contribution in [0.4, 0.5) is 17.6 Å². The van der Waals surface area contributed by atoms with Gasteiger partial charge in [0.15, 0.2) is 0 Å². The Bertz CT molecular complexity index is 524. The lowest BCUT2D eigenvalue weighted by atomic mass is 9.99. The summed E-state index contributed by atoms with van der Waals surface area (Å²) in [4.78, 5) is 9.16. The average molecular weight is 398 g/mol. The predicted molar refractivity (Wildman–Crippen MR) is 115 cm³/mol. The van der Waals surface area contributed by atoms with Gasteiger partial charge in [0.25, 0.3) is 0 Å². The first-order chi connectivity index (χ1) is 13.4. The number of aliphatic hydroxyl groups is 3. The van der Waals surface area contributed by atoms with E-state index in [9.17, 15) is 10.2 Å². The van der Waals surface area contributed by atoms with Crippen molar-refractivity contribution in [1.82, 2.24) is 9.97 Å². The number of aromatic nitrogens is 2. The summed E-state index contributed by atoms with van der Waals surface area (Å²) in [6.45, 7) is 9.67. The molecule has 0 saturated heterocycles. The molecule has 0 amide bonds. The van der Waals surface area contributed by atoms with E-state index in [-0.39, 0.29) is 25.7 Å².